The molecule has 3 rings (SSSR count). The molecule has 0 saturated carbocycles. The molecule has 0 aliphatic carbocycles. The molecule has 0 atom stereocenters. The van der Waals surface area contributed by atoms with Crippen LogP contribution in [-0.2, 0) is 12.7 Å². The average molecular weight is 377 g/mol. The molecule has 6 nitrogen and oxygen atoms in total. The summed E-state index contributed by atoms with van der Waals surface area (Å²) < 4.78 is 40.7. The molecule has 27 heavy (non-hydrogen) atoms. The number of alkyl halides is 3. The van der Waals surface area contributed by atoms with Crippen molar-refractivity contribution in [2.75, 3.05) is 11.9 Å². The van der Waals surface area contributed by atoms with Gasteiger partial charge in [0.2, 0.25) is 5.82 Å². The predicted octanol–water partition coefficient (Wildman–Crippen LogP) is 3.97. The van der Waals surface area contributed by atoms with Crippen LogP contribution in [0, 0.1) is 6.92 Å². The molecule has 2 aromatic heterocycles. The number of fused-ring (bicyclic) bond motifs is 1. The predicted molar refractivity (Wildman–Crippen MR) is 95.3 cm³/mol. The molecule has 3 aromatic rings. The molecule has 0 bridgehead atoms. The Balaban J connectivity index is 1.61. The molecule has 0 radical (unpaired) electrons. The molecule has 2 amide bonds. The molecule has 142 valence electrons. The van der Waals surface area contributed by atoms with Gasteiger partial charge in [-0.3, -0.25) is 0 Å². The molecular formula is C18H18F3N5O. The van der Waals surface area contributed by atoms with Gasteiger partial charge in [0.25, 0.3) is 0 Å². The third-order valence-corrected chi connectivity index (χ3v) is 3.99. The van der Waals surface area contributed by atoms with Crippen molar-refractivity contribution in [1.29, 1.82) is 0 Å². The Bertz CT molecular complexity index is 952. The average Bonchev–Trinajstić information content (AvgIpc) is 3.00. The zero-order valence-electron chi connectivity index (χ0n) is 14.5. The Morgan fingerprint density at radius 2 is 1.96 bits per heavy atom. The first-order valence-corrected chi connectivity index (χ1v) is 8.35. The Hall–Kier alpha value is -3.10. The van der Waals surface area contributed by atoms with Crippen molar-refractivity contribution in [1.82, 2.24) is 19.9 Å². The highest BCUT2D eigenvalue weighted by Gasteiger charge is 2.37. The summed E-state index contributed by atoms with van der Waals surface area (Å²) in [6.07, 6.45) is -2.85. The van der Waals surface area contributed by atoms with E-state index < -0.39 is 18.0 Å². The number of halogens is 3. The topological polar surface area (TPSA) is 71.8 Å². The van der Waals surface area contributed by atoms with Gasteiger partial charge in [-0.2, -0.15) is 13.2 Å². The number of aromatic nitrogens is 3. The SMILES string of the molecule is Cc1ccccc1NC(=O)NCCCn1c(C(F)(F)F)nc2cccnc21. The minimum absolute atomic E-state index is 0.0347. The molecule has 1 aromatic carbocycles. The standard InChI is InChI=1S/C18H18F3N5O/c1-12-6-2-3-7-13(12)25-17(27)23-10-5-11-26-15-14(8-4-9-22-15)24-16(26)18(19,20)21/h2-4,6-9H,5,10-11H2,1H3,(H2,23,25,27). The van der Waals surface area contributed by atoms with Gasteiger partial charge in [-0.25, -0.2) is 14.8 Å². The third-order valence-electron chi connectivity index (χ3n) is 3.99. The number of benzene rings is 1. The monoisotopic (exact) mass is 377 g/mol. The lowest BCUT2D eigenvalue weighted by atomic mass is 10.2. The zero-order chi connectivity index (χ0) is 19.4. The number of hydrogen-bond acceptors (Lipinski definition) is 3. The molecule has 0 fully saturated rings. The van der Waals surface area contributed by atoms with Gasteiger partial charge in [0.1, 0.15) is 5.52 Å². The lowest BCUT2D eigenvalue weighted by Gasteiger charge is -2.12. The fourth-order valence-electron chi connectivity index (χ4n) is 2.71. The summed E-state index contributed by atoms with van der Waals surface area (Å²) in [7, 11) is 0. The van der Waals surface area contributed by atoms with Gasteiger partial charge < -0.3 is 15.2 Å². The first-order valence-electron chi connectivity index (χ1n) is 8.35. The highest BCUT2D eigenvalue weighted by Crippen LogP contribution is 2.30. The Morgan fingerprint density at radius 1 is 1.19 bits per heavy atom. The fourth-order valence-corrected chi connectivity index (χ4v) is 2.71. The van der Waals surface area contributed by atoms with E-state index in [2.05, 4.69) is 20.6 Å². The molecular weight excluding hydrogens is 359 g/mol. The highest BCUT2D eigenvalue weighted by molar-refractivity contribution is 5.89. The quantitative estimate of drug-likeness (QED) is 0.661. The molecule has 0 aliphatic rings. The van der Waals surface area contributed by atoms with Gasteiger partial charge in [0.05, 0.1) is 0 Å². The van der Waals surface area contributed by atoms with Gasteiger partial charge in [0.15, 0.2) is 5.65 Å². The number of carbonyl (C=O) groups is 1. The van der Waals surface area contributed by atoms with Crippen molar-refractivity contribution in [3.8, 4) is 0 Å². The van der Waals surface area contributed by atoms with Crippen molar-refractivity contribution in [3.05, 3.63) is 54.0 Å². The number of nitrogens with zero attached hydrogens (tertiary/aromatic N) is 3. The number of rotatable bonds is 5. The lowest BCUT2D eigenvalue weighted by Crippen LogP contribution is -2.30. The van der Waals surface area contributed by atoms with Crippen molar-refractivity contribution < 1.29 is 18.0 Å². The van der Waals surface area contributed by atoms with Gasteiger partial charge in [0, 0.05) is 25.0 Å². The van der Waals surface area contributed by atoms with Crippen molar-refractivity contribution in [2.24, 2.45) is 0 Å². The highest BCUT2D eigenvalue weighted by atomic mass is 19.4. The van der Waals surface area contributed by atoms with Gasteiger partial charge in [-0.15, -0.1) is 0 Å². The van der Waals surface area contributed by atoms with Crippen LogP contribution in [0.4, 0.5) is 23.7 Å². The maximum atomic E-state index is 13.2. The smallest absolute Gasteiger partial charge is 0.338 e. The van der Waals surface area contributed by atoms with Crippen LogP contribution in [0.1, 0.15) is 17.8 Å². The summed E-state index contributed by atoms with van der Waals surface area (Å²) in [5.41, 5.74) is 1.96. The van der Waals surface area contributed by atoms with Crippen LogP contribution in [0.3, 0.4) is 0 Å². The summed E-state index contributed by atoms with van der Waals surface area (Å²) in [6, 6.07) is 9.92. The summed E-state index contributed by atoms with van der Waals surface area (Å²) >= 11 is 0. The van der Waals surface area contributed by atoms with Crippen LogP contribution in [0.25, 0.3) is 11.2 Å². The summed E-state index contributed by atoms with van der Waals surface area (Å²) in [4.78, 5) is 19.6. The van der Waals surface area contributed by atoms with Crippen LogP contribution in [0.2, 0.25) is 0 Å². The Kier molecular flexibility index (Phi) is 5.29. The van der Waals surface area contributed by atoms with Crippen LogP contribution in [0.5, 0.6) is 0 Å². The Labute approximate surface area is 153 Å². The van der Waals surface area contributed by atoms with E-state index in [9.17, 15) is 18.0 Å². The summed E-state index contributed by atoms with van der Waals surface area (Å²) in [6.45, 7) is 2.11. The second-order valence-electron chi connectivity index (χ2n) is 5.98. The maximum absolute atomic E-state index is 13.2. The van der Waals surface area contributed by atoms with Crippen molar-refractivity contribution >= 4 is 22.9 Å². The van der Waals surface area contributed by atoms with E-state index >= 15 is 0 Å². The number of pyridine rings is 1. The maximum Gasteiger partial charge on any atom is 0.449 e. The minimum Gasteiger partial charge on any atom is -0.338 e. The molecule has 2 heterocycles. The number of carbonyl (C=O) groups excluding carboxylic acids is 1. The third kappa shape index (κ3) is 4.36. The van der Waals surface area contributed by atoms with E-state index in [1.165, 1.54) is 18.3 Å². The van der Waals surface area contributed by atoms with Crippen molar-refractivity contribution in [2.45, 2.75) is 26.1 Å². The molecule has 9 heteroatoms. The summed E-state index contributed by atoms with van der Waals surface area (Å²) in [5.74, 6) is -0.986. The molecule has 0 spiro atoms. The first kappa shape index (κ1) is 18.7. The zero-order valence-corrected chi connectivity index (χ0v) is 14.5. The Morgan fingerprint density at radius 3 is 2.70 bits per heavy atom. The van der Waals surface area contributed by atoms with Gasteiger partial charge in [-0.05, 0) is 37.1 Å². The fraction of sp³-hybridized carbons (Fsp3) is 0.278. The second-order valence-corrected chi connectivity index (χ2v) is 5.98. The molecule has 0 saturated heterocycles. The number of urea groups is 1. The van der Waals surface area contributed by atoms with E-state index in [0.29, 0.717) is 12.1 Å². The molecule has 0 aliphatic heterocycles. The number of imidazole rings is 1. The van der Waals surface area contributed by atoms with E-state index in [0.717, 1.165) is 10.1 Å². The first-order chi connectivity index (χ1) is 12.9. The number of para-hydroxylation sites is 1. The van der Waals surface area contributed by atoms with E-state index in [1.807, 2.05) is 19.1 Å². The van der Waals surface area contributed by atoms with Crippen LogP contribution in [0.15, 0.2) is 42.6 Å². The van der Waals surface area contributed by atoms with E-state index in [-0.39, 0.29) is 24.3 Å². The van der Waals surface area contributed by atoms with E-state index in [1.54, 1.807) is 12.1 Å². The van der Waals surface area contributed by atoms with Crippen molar-refractivity contribution in [3.63, 3.8) is 0 Å². The number of hydrogen-bond donors (Lipinski definition) is 2. The van der Waals surface area contributed by atoms with Crippen LogP contribution in [-0.4, -0.2) is 27.1 Å². The van der Waals surface area contributed by atoms with Gasteiger partial charge in [-0.1, -0.05) is 18.2 Å². The van der Waals surface area contributed by atoms with Crippen LogP contribution < -0.4 is 10.6 Å². The lowest BCUT2D eigenvalue weighted by molar-refractivity contribution is -0.147. The number of anilines is 1. The second kappa shape index (κ2) is 7.65. The normalized spacial score (nSPS) is 11.6. The summed E-state index contributed by atoms with van der Waals surface area (Å²) in [5, 5.41) is 5.35. The van der Waals surface area contributed by atoms with Crippen LogP contribution >= 0.6 is 0 Å². The largest absolute Gasteiger partial charge is 0.449 e. The number of nitrogens with one attached hydrogen (secondary N) is 2. The number of aryl methyl sites for hydroxylation is 2. The number of amides is 2. The van der Waals surface area contributed by atoms with Gasteiger partial charge >= 0.3 is 12.2 Å². The minimum atomic E-state index is -4.57. The van der Waals surface area contributed by atoms with E-state index in [4.69, 9.17) is 0 Å². The molecule has 2 N–H and O–H groups in total. The molecule has 0 unspecified atom stereocenters.